The van der Waals surface area contributed by atoms with Gasteiger partial charge in [0, 0.05) is 27.5 Å². The zero-order valence-electron chi connectivity index (χ0n) is 10.7. The van der Waals surface area contributed by atoms with Gasteiger partial charge in [-0.15, -0.1) is 11.3 Å². The summed E-state index contributed by atoms with van der Waals surface area (Å²) in [7, 11) is 1.37. The minimum atomic E-state index is -0.242. The van der Waals surface area contributed by atoms with Crippen molar-refractivity contribution in [1.82, 2.24) is 4.98 Å². The van der Waals surface area contributed by atoms with E-state index in [0.717, 1.165) is 16.5 Å². The minimum Gasteiger partial charge on any atom is -0.469 e. The third kappa shape index (κ3) is 4.37. The number of carbonyl (C=O) groups is 1. The number of aromatic nitrogens is 1. The Balaban J connectivity index is 2.00. The second-order valence-corrected chi connectivity index (χ2v) is 5.73. The Hall–Kier alpha value is -1.30. The van der Waals surface area contributed by atoms with Gasteiger partial charge in [-0.3, -0.25) is 4.79 Å². The fraction of sp³-hybridized carbons (Fsp3) is 0.231. The van der Waals surface area contributed by atoms with Crippen molar-refractivity contribution >= 4 is 51.3 Å². The number of halogens is 2. The molecule has 1 N–H and O–H groups in total. The maximum absolute atomic E-state index is 11.1. The highest BCUT2D eigenvalue weighted by atomic mass is 35.5. The standard InChI is InChI=1S/C13H12Cl2N2O2S/c1-19-12(18)3-2-10-7-20-13(16-10)17-11-5-8(14)4-9(15)6-11/h4-7H,2-3H2,1H3,(H,16,17). The average molecular weight is 331 g/mol. The summed E-state index contributed by atoms with van der Waals surface area (Å²) < 4.78 is 4.59. The van der Waals surface area contributed by atoms with Gasteiger partial charge in [-0.05, 0) is 18.2 Å². The Labute approximate surface area is 130 Å². The molecule has 0 aliphatic carbocycles. The predicted molar refractivity (Wildman–Crippen MR) is 82.2 cm³/mol. The number of ether oxygens (including phenoxy) is 1. The monoisotopic (exact) mass is 330 g/mol. The third-order valence-electron chi connectivity index (χ3n) is 2.48. The number of carbonyl (C=O) groups excluding carboxylic acids is 1. The van der Waals surface area contributed by atoms with Crippen LogP contribution in [0.25, 0.3) is 0 Å². The molecule has 1 aromatic carbocycles. The SMILES string of the molecule is COC(=O)CCc1csc(Nc2cc(Cl)cc(Cl)c2)n1. The first-order chi connectivity index (χ1) is 9.56. The smallest absolute Gasteiger partial charge is 0.305 e. The van der Waals surface area contributed by atoms with Gasteiger partial charge in [0.25, 0.3) is 0 Å². The van der Waals surface area contributed by atoms with Crippen LogP contribution in [0.4, 0.5) is 10.8 Å². The van der Waals surface area contributed by atoms with Gasteiger partial charge in [0.2, 0.25) is 0 Å². The van der Waals surface area contributed by atoms with Gasteiger partial charge in [-0.2, -0.15) is 0 Å². The molecule has 0 aliphatic rings. The van der Waals surface area contributed by atoms with Gasteiger partial charge in [-0.1, -0.05) is 23.2 Å². The maximum atomic E-state index is 11.1. The number of nitrogens with one attached hydrogen (secondary N) is 1. The average Bonchev–Trinajstić information content (AvgIpc) is 2.82. The number of hydrogen-bond donors (Lipinski definition) is 1. The maximum Gasteiger partial charge on any atom is 0.305 e. The minimum absolute atomic E-state index is 0.242. The summed E-state index contributed by atoms with van der Waals surface area (Å²) in [5.41, 5.74) is 1.62. The molecular weight excluding hydrogens is 319 g/mol. The van der Waals surface area contributed by atoms with Crippen molar-refractivity contribution < 1.29 is 9.53 Å². The van der Waals surface area contributed by atoms with Gasteiger partial charge in [-0.25, -0.2) is 4.98 Å². The summed E-state index contributed by atoms with van der Waals surface area (Å²) in [6.07, 6.45) is 0.879. The van der Waals surface area contributed by atoms with Crippen molar-refractivity contribution in [3.63, 3.8) is 0 Å². The lowest BCUT2D eigenvalue weighted by molar-refractivity contribution is -0.140. The van der Waals surface area contributed by atoms with E-state index in [1.807, 2.05) is 5.38 Å². The van der Waals surface area contributed by atoms with Crippen LogP contribution >= 0.6 is 34.5 Å². The van der Waals surface area contributed by atoms with E-state index in [9.17, 15) is 4.79 Å². The number of esters is 1. The molecule has 7 heteroatoms. The van der Waals surface area contributed by atoms with Gasteiger partial charge in [0.1, 0.15) is 0 Å². The molecule has 0 atom stereocenters. The van der Waals surface area contributed by atoms with E-state index < -0.39 is 0 Å². The van der Waals surface area contributed by atoms with Crippen LogP contribution in [0.5, 0.6) is 0 Å². The van der Waals surface area contributed by atoms with E-state index in [2.05, 4.69) is 15.0 Å². The van der Waals surface area contributed by atoms with Crippen LogP contribution in [0.2, 0.25) is 10.0 Å². The van der Waals surface area contributed by atoms with Crippen molar-refractivity contribution in [3.8, 4) is 0 Å². The molecular formula is C13H12Cl2N2O2S. The molecule has 0 radical (unpaired) electrons. The van der Waals surface area contributed by atoms with E-state index in [0.29, 0.717) is 22.9 Å². The Morgan fingerprint density at radius 1 is 1.35 bits per heavy atom. The van der Waals surface area contributed by atoms with E-state index in [1.54, 1.807) is 18.2 Å². The quantitative estimate of drug-likeness (QED) is 0.830. The zero-order valence-corrected chi connectivity index (χ0v) is 13.0. The molecule has 106 valence electrons. The van der Waals surface area contributed by atoms with Gasteiger partial charge in [0.15, 0.2) is 5.13 Å². The van der Waals surface area contributed by atoms with Crippen LogP contribution < -0.4 is 5.32 Å². The van der Waals surface area contributed by atoms with Crippen molar-refractivity contribution in [3.05, 3.63) is 39.3 Å². The molecule has 0 amide bonds. The lowest BCUT2D eigenvalue weighted by Crippen LogP contribution is -2.02. The Morgan fingerprint density at radius 3 is 2.70 bits per heavy atom. The largest absolute Gasteiger partial charge is 0.469 e. The molecule has 4 nitrogen and oxygen atoms in total. The topological polar surface area (TPSA) is 51.2 Å². The van der Waals surface area contributed by atoms with Crippen molar-refractivity contribution in [2.75, 3.05) is 12.4 Å². The summed E-state index contributed by atoms with van der Waals surface area (Å²) in [6.45, 7) is 0. The fourth-order valence-corrected chi connectivity index (χ4v) is 2.85. The molecule has 0 fully saturated rings. The third-order valence-corrected chi connectivity index (χ3v) is 3.72. The molecule has 0 saturated heterocycles. The number of aryl methyl sites for hydroxylation is 1. The molecule has 0 aliphatic heterocycles. The second-order valence-electron chi connectivity index (χ2n) is 4.00. The summed E-state index contributed by atoms with van der Waals surface area (Å²) in [4.78, 5) is 15.5. The summed E-state index contributed by atoms with van der Waals surface area (Å²) in [5.74, 6) is -0.242. The normalized spacial score (nSPS) is 10.3. The van der Waals surface area contributed by atoms with Crippen LogP contribution in [-0.2, 0) is 16.0 Å². The molecule has 2 rings (SSSR count). The summed E-state index contributed by atoms with van der Waals surface area (Å²) >= 11 is 13.3. The molecule has 0 unspecified atom stereocenters. The van der Waals surface area contributed by atoms with Crippen molar-refractivity contribution in [1.29, 1.82) is 0 Å². The first kappa shape index (κ1) is 15.1. The summed E-state index contributed by atoms with van der Waals surface area (Å²) in [5, 5.41) is 6.87. The zero-order chi connectivity index (χ0) is 14.5. The molecule has 1 aromatic heterocycles. The fourth-order valence-electron chi connectivity index (χ4n) is 1.56. The molecule has 20 heavy (non-hydrogen) atoms. The van der Waals surface area contributed by atoms with Gasteiger partial charge in [0.05, 0.1) is 19.2 Å². The molecule has 1 heterocycles. The van der Waals surface area contributed by atoms with Crippen LogP contribution in [0.3, 0.4) is 0 Å². The number of hydrogen-bond acceptors (Lipinski definition) is 5. The van der Waals surface area contributed by atoms with Crippen LogP contribution in [0.15, 0.2) is 23.6 Å². The first-order valence-electron chi connectivity index (χ1n) is 5.81. The van der Waals surface area contributed by atoms with Gasteiger partial charge >= 0.3 is 5.97 Å². The molecule has 0 saturated carbocycles. The first-order valence-corrected chi connectivity index (χ1v) is 7.44. The van der Waals surface area contributed by atoms with E-state index in [1.165, 1.54) is 18.4 Å². The number of methoxy groups -OCH3 is 1. The lowest BCUT2D eigenvalue weighted by atomic mass is 10.2. The van der Waals surface area contributed by atoms with E-state index in [-0.39, 0.29) is 5.97 Å². The number of benzene rings is 1. The number of anilines is 2. The highest BCUT2D eigenvalue weighted by Crippen LogP contribution is 2.27. The highest BCUT2D eigenvalue weighted by Gasteiger charge is 2.06. The van der Waals surface area contributed by atoms with Crippen molar-refractivity contribution in [2.45, 2.75) is 12.8 Å². The molecule has 0 bridgehead atoms. The number of rotatable bonds is 5. The lowest BCUT2D eigenvalue weighted by Gasteiger charge is -2.03. The number of thiazole rings is 1. The Kier molecular flexibility index (Phi) is 5.23. The van der Waals surface area contributed by atoms with E-state index in [4.69, 9.17) is 23.2 Å². The summed E-state index contributed by atoms with van der Waals surface area (Å²) in [6, 6.07) is 5.20. The molecule has 0 spiro atoms. The Morgan fingerprint density at radius 2 is 2.05 bits per heavy atom. The van der Waals surface area contributed by atoms with Crippen molar-refractivity contribution in [2.24, 2.45) is 0 Å². The van der Waals surface area contributed by atoms with Crippen LogP contribution in [0, 0.1) is 0 Å². The van der Waals surface area contributed by atoms with Crippen LogP contribution in [-0.4, -0.2) is 18.1 Å². The molecule has 2 aromatic rings. The second kappa shape index (κ2) is 6.92. The van der Waals surface area contributed by atoms with Crippen LogP contribution in [0.1, 0.15) is 12.1 Å². The number of nitrogens with zero attached hydrogens (tertiary/aromatic N) is 1. The van der Waals surface area contributed by atoms with E-state index >= 15 is 0 Å². The van der Waals surface area contributed by atoms with Gasteiger partial charge < -0.3 is 10.1 Å². The highest BCUT2D eigenvalue weighted by molar-refractivity contribution is 7.13. The predicted octanol–water partition coefficient (Wildman–Crippen LogP) is 4.30. The Bertz CT molecular complexity index is 596.